The number of hydrogen-bond donors (Lipinski definition) is 0. The number of furan rings is 2. The van der Waals surface area contributed by atoms with Crippen molar-refractivity contribution >= 4 is 108 Å². The first kappa shape index (κ1) is 74.5. The summed E-state index contributed by atoms with van der Waals surface area (Å²) >= 11 is 1.87. The topological polar surface area (TPSA) is 168 Å². The van der Waals surface area contributed by atoms with E-state index in [1.165, 1.54) is 74.7 Å². The zero-order valence-corrected chi connectivity index (χ0v) is 69.0. The molecule has 0 saturated carbocycles. The highest BCUT2D eigenvalue weighted by molar-refractivity contribution is 7.26. The predicted octanol–water partition coefficient (Wildman–Crippen LogP) is 28.7. The fourth-order valence-corrected chi connectivity index (χ4v) is 19.1. The second-order valence-electron chi connectivity index (χ2n) is 31.9. The largest absolute Gasteiger partial charge is 0.456 e. The quantitative estimate of drug-likeness (QED) is 0.112. The third kappa shape index (κ3) is 13.5. The van der Waals surface area contributed by atoms with Gasteiger partial charge in [-0.15, -0.1) is 11.3 Å². The van der Waals surface area contributed by atoms with Crippen molar-refractivity contribution in [1.82, 2.24) is 54.8 Å². The number of thiophene rings is 1. The van der Waals surface area contributed by atoms with Gasteiger partial charge >= 0.3 is 0 Å². The van der Waals surface area contributed by atoms with Crippen LogP contribution in [0.15, 0.2) is 404 Å². The van der Waals surface area contributed by atoms with Crippen molar-refractivity contribution in [2.75, 3.05) is 0 Å². The van der Waals surface area contributed by atoms with Crippen molar-refractivity contribution in [1.29, 1.82) is 0 Å². The van der Waals surface area contributed by atoms with Gasteiger partial charge < -0.3 is 8.83 Å². The monoisotopic (exact) mass is 1630 g/mol. The van der Waals surface area contributed by atoms with E-state index in [1.807, 2.05) is 169 Å². The maximum atomic E-state index is 6.25. The average molecular weight is 1630 g/mol. The van der Waals surface area contributed by atoms with E-state index < -0.39 is 0 Å². The van der Waals surface area contributed by atoms with Crippen LogP contribution in [0.1, 0.15) is 25.0 Å². The number of hydrogen-bond acceptors (Lipinski definition) is 14. The lowest BCUT2D eigenvalue weighted by atomic mass is 9.82. The molecule has 126 heavy (non-hydrogen) atoms. The molecule has 14 heteroatoms. The molecule has 25 rings (SSSR count). The first-order valence-electron chi connectivity index (χ1n) is 41.9. The summed E-state index contributed by atoms with van der Waals surface area (Å²) in [6, 6.07) is 124. The van der Waals surface area contributed by atoms with Crippen LogP contribution in [0.25, 0.3) is 232 Å². The molecule has 11 aromatic heterocycles. The SMILES string of the molecule is CC1(C)c2ccccc2-c2c1ccc1c2sc2cc(-c3cnc(-c4nc(-c5ccccc5)c5oc6ccccc6c5n4)cn3)ccc21.c1ccc(-c2cc(-c3ccc4c5ccccc5c5ccccc5c4c3)nc(-c3ccccn3)n2)nc1.c1ccc(-c2cc(-c3cccc(-c4cccc(-c5ccc6c(c5)oc5ccccc56)c4)c3)cc(-c3ccccn3)n2)nc1. The lowest BCUT2D eigenvalue weighted by Gasteiger charge is -2.21. The Labute approximate surface area is 727 Å². The highest BCUT2D eigenvalue weighted by Crippen LogP contribution is 2.54. The minimum Gasteiger partial charge on any atom is -0.456 e. The van der Waals surface area contributed by atoms with E-state index in [4.69, 9.17) is 43.7 Å². The number of benzene rings is 13. The van der Waals surface area contributed by atoms with E-state index in [0.717, 1.165) is 145 Å². The van der Waals surface area contributed by atoms with Gasteiger partial charge in [-0.2, -0.15) is 0 Å². The highest BCUT2D eigenvalue weighted by atomic mass is 32.1. The van der Waals surface area contributed by atoms with Crippen LogP contribution in [0.3, 0.4) is 0 Å². The standard InChI is InChI=1S/C41H26N4OS.C39H25N3O.C32H20N4/c1-41(2)29-14-8-6-12-27(29)35-30(41)19-18-26-25-17-16-24(20-34(25)47-39(26)35)31-21-43-32(22-42-31)40-44-36(23-10-4-3-5-11-23)38-37(45-40)28-13-7-9-15-33(28)46-38;1-2-16-38-32(13-1)33-18-17-30(25-39(33)43-38)28-11-7-9-26(21-28)27-10-8-12-29(22-27)31-23-36(34-14-3-5-19-40-34)42-37(24-31)35-15-4-6-20-41-35;1-2-11-24-22(9-1)23-10-3-4-12-25(23)27-19-21(15-16-26(24)27)30-20-31(28-13-5-7-17-33-28)36-32(35-30)29-14-6-8-18-34-29/h3-22H,1-2H3;1-25H;1-20H. The van der Waals surface area contributed by atoms with Crippen LogP contribution >= 0.6 is 11.3 Å². The van der Waals surface area contributed by atoms with Crippen molar-refractivity contribution in [2.45, 2.75) is 19.3 Å². The summed E-state index contributed by atoms with van der Waals surface area (Å²) in [6.07, 6.45) is 10.7. The predicted molar refractivity (Wildman–Crippen MR) is 512 cm³/mol. The van der Waals surface area contributed by atoms with Gasteiger partial charge in [-0.3, -0.25) is 24.9 Å². The fourth-order valence-electron chi connectivity index (χ4n) is 17.8. The van der Waals surface area contributed by atoms with Crippen molar-refractivity contribution in [2.24, 2.45) is 0 Å². The molecular formula is C112H71N11O2S. The molecule has 0 fully saturated rings. The molecule has 24 aromatic rings. The first-order chi connectivity index (χ1) is 62.2. The van der Waals surface area contributed by atoms with Gasteiger partial charge in [-0.05, 0) is 204 Å². The molecule has 0 radical (unpaired) electrons. The zero-order chi connectivity index (χ0) is 83.8. The summed E-state index contributed by atoms with van der Waals surface area (Å²) in [7, 11) is 0. The van der Waals surface area contributed by atoms with E-state index in [2.05, 4.69) is 240 Å². The fraction of sp³-hybridized carbons (Fsp3) is 0.0268. The van der Waals surface area contributed by atoms with Crippen LogP contribution in [0.4, 0.5) is 0 Å². The third-order valence-electron chi connectivity index (χ3n) is 24.0. The van der Waals surface area contributed by atoms with Crippen LogP contribution in [0.5, 0.6) is 0 Å². The van der Waals surface area contributed by atoms with Crippen LogP contribution in [0, 0.1) is 0 Å². The Morgan fingerprint density at radius 3 is 1.35 bits per heavy atom. The second-order valence-corrected chi connectivity index (χ2v) is 33.0. The van der Waals surface area contributed by atoms with E-state index >= 15 is 0 Å². The zero-order valence-electron chi connectivity index (χ0n) is 68.2. The molecule has 1 aliphatic carbocycles. The number of pyridine rings is 5. The maximum Gasteiger partial charge on any atom is 0.181 e. The van der Waals surface area contributed by atoms with Gasteiger partial charge in [0, 0.05) is 88.8 Å². The molecule has 0 unspecified atom stereocenters. The highest BCUT2D eigenvalue weighted by Gasteiger charge is 2.37. The van der Waals surface area contributed by atoms with Crippen LogP contribution in [0.2, 0.25) is 0 Å². The van der Waals surface area contributed by atoms with Gasteiger partial charge in [-0.25, -0.2) is 29.9 Å². The van der Waals surface area contributed by atoms with E-state index in [0.29, 0.717) is 22.9 Å². The Bertz CT molecular complexity index is 8220. The first-order valence-corrected chi connectivity index (χ1v) is 42.7. The van der Waals surface area contributed by atoms with E-state index in [9.17, 15) is 0 Å². The van der Waals surface area contributed by atoms with Crippen molar-refractivity contribution in [3.63, 3.8) is 0 Å². The summed E-state index contributed by atoms with van der Waals surface area (Å²) in [4.78, 5) is 52.4. The number of fused-ring (bicyclic) bond motifs is 19. The summed E-state index contributed by atoms with van der Waals surface area (Å²) in [6.45, 7) is 4.67. The van der Waals surface area contributed by atoms with Gasteiger partial charge in [0.2, 0.25) is 0 Å². The molecule has 13 aromatic carbocycles. The summed E-state index contributed by atoms with van der Waals surface area (Å²) in [5.41, 5.74) is 27.8. The lowest BCUT2D eigenvalue weighted by molar-refractivity contribution is 0.661. The molecule has 0 atom stereocenters. The Hall–Kier alpha value is -16.6. The summed E-state index contributed by atoms with van der Waals surface area (Å²) < 4.78 is 15.0. The molecular weight excluding hydrogens is 1560 g/mol. The lowest BCUT2D eigenvalue weighted by Crippen LogP contribution is -2.14. The number of nitrogens with zero attached hydrogens (tertiary/aromatic N) is 11. The maximum absolute atomic E-state index is 6.25. The number of aromatic nitrogens is 11. The Morgan fingerprint density at radius 1 is 0.246 bits per heavy atom. The van der Waals surface area contributed by atoms with E-state index in [-0.39, 0.29) is 5.41 Å². The second kappa shape index (κ2) is 31.2. The normalized spacial score (nSPS) is 12.1. The van der Waals surface area contributed by atoms with Gasteiger partial charge in [0.05, 0.1) is 57.9 Å². The minimum atomic E-state index is -0.0143. The Morgan fingerprint density at radius 2 is 0.714 bits per heavy atom. The average Bonchev–Trinajstić information content (AvgIpc) is 1.66. The van der Waals surface area contributed by atoms with Crippen molar-refractivity contribution in [3.8, 4) is 135 Å². The molecule has 0 amide bonds. The molecule has 0 aliphatic heterocycles. The van der Waals surface area contributed by atoms with Gasteiger partial charge in [0.15, 0.2) is 17.2 Å². The Kier molecular flexibility index (Phi) is 18.4. The molecule has 0 spiro atoms. The van der Waals surface area contributed by atoms with E-state index in [1.54, 1.807) is 31.0 Å². The molecule has 0 N–H and O–H groups in total. The van der Waals surface area contributed by atoms with Gasteiger partial charge in [0.1, 0.15) is 39.3 Å². The summed E-state index contributed by atoms with van der Waals surface area (Å²) in [5.74, 6) is 1.09. The molecule has 0 saturated heterocycles. The van der Waals surface area contributed by atoms with Crippen LogP contribution in [-0.2, 0) is 5.41 Å². The van der Waals surface area contributed by atoms with Crippen LogP contribution in [-0.4, -0.2) is 54.8 Å². The van der Waals surface area contributed by atoms with Crippen LogP contribution < -0.4 is 0 Å². The molecule has 11 heterocycles. The number of rotatable bonds is 11. The molecule has 1 aliphatic rings. The third-order valence-corrected chi connectivity index (χ3v) is 25.2. The molecule has 592 valence electrons. The van der Waals surface area contributed by atoms with Crippen molar-refractivity contribution < 1.29 is 8.83 Å². The molecule has 13 nitrogen and oxygen atoms in total. The van der Waals surface area contributed by atoms with Crippen molar-refractivity contribution in [3.05, 3.63) is 406 Å². The summed E-state index contributed by atoms with van der Waals surface area (Å²) in [5, 5.41) is 13.2. The van der Waals surface area contributed by atoms with Gasteiger partial charge in [-0.1, -0.05) is 250 Å². The Balaban J connectivity index is 0.000000110. The molecule has 0 bridgehead atoms. The minimum absolute atomic E-state index is 0.0143. The number of para-hydroxylation sites is 2. The van der Waals surface area contributed by atoms with Gasteiger partial charge in [0.25, 0.3) is 0 Å². The smallest absolute Gasteiger partial charge is 0.181 e.